The quantitative estimate of drug-likeness (QED) is 0.695. The van der Waals surface area contributed by atoms with Gasteiger partial charge in [-0.3, -0.25) is 0 Å². The lowest BCUT2D eigenvalue weighted by molar-refractivity contribution is -0.182. The molecule has 4 nitrogen and oxygen atoms in total. The zero-order valence-corrected chi connectivity index (χ0v) is 14.6. The van der Waals surface area contributed by atoms with Crippen LogP contribution in [0.4, 0.5) is 5.69 Å². The zero-order chi connectivity index (χ0) is 17.6. The standard InChI is InChI=1S/C20H27NO3/c1-3-5-13-19(14-7-6-8-15-19)20(24,18(22)23)16-9-11-17(12-10-16)21-4-2/h9-12,21,24H,4,6-8,13-15H2,1-2H3,(H,22,23). The largest absolute Gasteiger partial charge is 0.479 e. The lowest BCUT2D eigenvalue weighted by Crippen LogP contribution is -2.52. The molecule has 1 unspecified atom stereocenters. The maximum absolute atomic E-state index is 12.2. The molecule has 1 fully saturated rings. The van der Waals surface area contributed by atoms with Crippen LogP contribution in [0.25, 0.3) is 0 Å². The fraction of sp³-hybridized carbons (Fsp3) is 0.550. The third kappa shape index (κ3) is 3.27. The summed E-state index contributed by atoms with van der Waals surface area (Å²) in [6.45, 7) is 4.54. The molecule has 24 heavy (non-hydrogen) atoms. The van der Waals surface area contributed by atoms with Crippen molar-refractivity contribution in [3.8, 4) is 11.8 Å². The summed E-state index contributed by atoms with van der Waals surface area (Å²) in [7, 11) is 0. The molecule has 2 rings (SSSR count). The second-order valence-electron chi connectivity index (χ2n) is 6.57. The second-order valence-corrected chi connectivity index (χ2v) is 6.57. The second kappa shape index (κ2) is 7.72. The fourth-order valence-corrected chi connectivity index (χ4v) is 3.84. The number of aliphatic hydroxyl groups is 1. The smallest absolute Gasteiger partial charge is 0.341 e. The third-order valence-corrected chi connectivity index (χ3v) is 5.17. The Morgan fingerprint density at radius 2 is 1.88 bits per heavy atom. The van der Waals surface area contributed by atoms with Crippen molar-refractivity contribution in [2.24, 2.45) is 5.41 Å². The molecule has 1 aromatic rings. The lowest BCUT2D eigenvalue weighted by Gasteiger charge is -2.46. The molecule has 0 aliphatic heterocycles. The molecule has 0 amide bonds. The predicted octanol–water partition coefficient (Wildman–Crippen LogP) is 3.75. The maximum atomic E-state index is 12.2. The molecule has 0 saturated heterocycles. The van der Waals surface area contributed by atoms with Gasteiger partial charge < -0.3 is 15.5 Å². The van der Waals surface area contributed by atoms with E-state index in [9.17, 15) is 15.0 Å². The first-order valence-corrected chi connectivity index (χ1v) is 8.70. The van der Waals surface area contributed by atoms with Crippen LogP contribution in [-0.2, 0) is 10.4 Å². The molecule has 4 heteroatoms. The monoisotopic (exact) mass is 329 g/mol. The van der Waals surface area contributed by atoms with E-state index in [4.69, 9.17) is 0 Å². The van der Waals surface area contributed by atoms with E-state index in [1.165, 1.54) is 0 Å². The summed E-state index contributed by atoms with van der Waals surface area (Å²) in [5.74, 6) is 4.72. The highest BCUT2D eigenvalue weighted by atomic mass is 16.4. The SMILES string of the molecule is CC#CCC1(C(O)(C(=O)O)c2ccc(NCC)cc2)CCCCC1. The molecule has 0 heterocycles. The number of anilines is 1. The van der Waals surface area contributed by atoms with Crippen LogP contribution in [0.2, 0.25) is 0 Å². The van der Waals surface area contributed by atoms with Gasteiger partial charge in [0.15, 0.2) is 5.60 Å². The van der Waals surface area contributed by atoms with Crippen LogP contribution in [0.1, 0.15) is 57.9 Å². The van der Waals surface area contributed by atoms with Crippen LogP contribution < -0.4 is 5.32 Å². The van der Waals surface area contributed by atoms with Gasteiger partial charge in [-0.05, 0) is 44.4 Å². The highest BCUT2D eigenvalue weighted by molar-refractivity contribution is 5.81. The summed E-state index contributed by atoms with van der Waals surface area (Å²) in [6.07, 6.45) is 4.70. The van der Waals surface area contributed by atoms with Crippen molar-refractivity contribution in [1.82, 2.24) is 0 Å². The van der Waals surface area contributed by atoms with Crippen LogP contribution in [0.5, 0.6) is 0 Å². The Balaban J connectivity index is 2.49. The van der Waals surface area contributed by atoms with E-state index in [2.05, 4.69) is 17.2 Å². The molecular weight excluding hydrogens is 302 g/mol. The van der Waals surface area contributed by atoms with Gasteiger partial charge >= 0.3 is 5.97 Å². The molecule has 0 spiro atoms. The lowest BCUT2D eigenvalue weighted by atomic mass is 9.59. The van der Waals surface area contributed by atoms with Gasteiger partial charge in [0, 0.05) is 24.1 Å². The number of carboxylic acid groups (broad SMARTS) is 1. The van der Waals surface area contributed by atoms with Crippen molar-refractivity contribution in [2.45, 2.75) is 58.0 Å². The van der Waals surface area contributed by atoms with Crippen molar-refractivity contribution in [3.05, 3.63) is 29.8 Å². The minimum atomic E-state index is -1.91. The Hall–Kier alpha value is -1.99. The normalized spacial score (nSPS) is 18.8. The number of nitrogens with one attached hydrogen (secondary N) is 1. The van der Waals surface area contributed by atoms with Gasteiger partial charge in [0.1, 0.15) is 0 Å². The molecular formula is C20H27NO3. The average Bonchev–Trinajstić information content (AvgIpc) is 2.60. The summed E-state index contributed by atoms with van der Waals surface area (Å²) >= 11 is 0. The first-order chi connectivity index (χ1) is 11.5. The Morgan fingerprint density at radius 1 is 1.25 bits per heavy atom. The van der Waals surface area contributed by atoms with E-state index in [1.54, 1.807) is 19.1 Å². The number of aliphatic carboxylic acids is 1. The molecule has 1 aromatic carbocycles. The number of carbonyl (C=O) groups is 1. The Morgan fingerprint density at radius 3 is 2.38 bits per heavy atom. The van der Waals surface area contributed by atoms with Crippen molar-refractivity contribution in [1.29, 1.82) is 0 Å². The first kappa shape index (κ1) is 18.4. The molecule has 0 aromatic heterocycles. The highest BCUT2D eigenvalue weighted by Gasteiger charge is 2.56. The van der Waals surface area contributed by atoms with Crippen LogP contribution in [-0.4, -0.2) is 22.7 Å². The van der Waals surface area contributed by atoms with E-state index in [1.807, 2.05) is 19.1 Å². The molecule has 3 N–H and O–H groups in total. The van der Waals surface area contributed by atoms with Gasteiger partial charge in [-0.1, -0.05) is 31.4 Å². The summed E-state index contributed by atoms with van der Waals surface area (Å²) in [5.41, 5.74) is -1.29. The minimum Gasteiger partial charge on any atom is -0.479 e. The maximum Gasteiger partial charge on any atom is 0.341 e. The first-order valence-electron chi connectivity index (χ1n) is 8.70. The topological polar surface area (TPSA) is 69.6 Å². The highest BCUT2D eigenvalue weighted by Crippen LogP contribution is 2.52. The van der Waals surface area contributed by atoms with Crippen LogP contribution >= 0.6 is 0 Å². The molecule has 1 aliphatic carbocycles. The van der Waals surface area contributed by atoms with E-state index in [-0.39, 0.29) is 0 Å². The number of carboxylic acids is 1. The molecule has 0 radical (unpaired) electrons. The molecule has 130 valence electrons. The van der Waals surface area contributed by atoms with E-state index in [0.717, 1.165) is 31.5 Å². The van der Waals surface area contributed by atoms with E-state index in [0.29, 0.717) is 24.8 Å². The van der Waals surface area contributed by atoms with Crippen molar-refractivity contribution >= 4 is 11.7 Å². The van der Waals surface area contributed by atoms with Crippen LogP contribution in [0.15, 0.2) is 24.3 Å². The summed E-state index contributed by atoms with van der Waals surface area (Å²) in [5, 5.41) is 24.5. The fourth-order valence-electron chi connectivity index (χ4n) is 3.84. The number of hydrogen-bond donors (Lipinski definition) is 3. The summed E-state index contributed by atoms with van der Waals surface area (Å²) in [6, 6.07) is 7.10. The molecule has 1 saturated carbocycles. The summed E-state index contributed by atoms with van der Waals surface area (Å²) in [4.78, 5) is 12.2. The minimum absolute atomic E-state index is 0.404. The van der Waals surface area contributed by atoms with Gasteiger partial charge in [0.25, 0.3) is 0 Å². The number of rotatable bonds is 6. The van der Waals surface area contributed by atoms with Crippen molar-refractivity contribution in [3.63, 3.8) is 0 Å². The van der Waals surface area contributed by atoms with Crippen LogP contribution in [0.3, 0.4) is 0 Å². The average molecular weight is 329 g/mol. The van der Waals surface area contributed by atoms with Crippen molar-refractivity contribution < 1.29 is 15.0 Å². The van der Waals surface area contributed by atoms with E-state index < -0.39 is 17.0 Å². The van der Waals surface area contributed by atoms with Gasteiger partial charge in [0.2, 0.25) is 0 Å². The van der Waals surface area contributed by atoms with Gasteiger partial charge in [-0.25, -0.2) is 4.79 Å². The third-order valence-electron chi connectivity index (χ3n) is 5.17. The van der Waals surface area contributed by atoms with Gasteiger partial charge in [-0.2, -0.15) is 0 Å². The molecule has 0 bridgehead atoms. The molecule has 1 aliphatic rings. The Bertz CT molecular complexity index is 621. The number of hydrogen-bond acceptors (Lipinski definition) is 3. The van der Waals surface area contributed by atoms with Crippen molar-refractivity contribution in [2.75, 3.05) is 11.9 Å². The number of benzene rings is 1. The van der Waals surface area contributed by atoms with E-state index >= 15 is 0 Å². The van der Waals surface area contributed by atoms with Crippen LogP contribution in [0, 0.1) is 17.3 Å². The Kier molecular flexibility index (Phi) is 5.90. The van der Waals surface area contributed by atoms with Gasteiger partial charge in [0.05, 0.1) is 0 Å². The van der Waals surface area contributed by atoms with Gasteiger partial charge in [-0.15, -0.1) is 11.8 Å². The zero-order valence-electron chi connectivity index (χ0n) is 14.6. The predicted molar refractivity (Wildman–Crippen MR) is 95.7 cm³/mol. The Labute approximate surface area is 144 Å². The molecule has 1 atom stereocenters. The summed E-state index contributed by atoms with van der Waals surface area (Å²) < 4.78 is 0.